The number of benzene rings is 2. The van der Waals surface area contributed by atoms with Crippen LogP contribution in [0.1, 0.15) is 22.8 Å². The number of amides is 1. The molecule has 23 heavy (non-hydrogen) atoms. The fraction of sp³-hybridized carbons (Fsp3) is 0.105. The van der Waals surface area contributed by atoms with Gasteiger partial charge in [-0.05, 0) is 23.3 Å². The van der Waals surface area contributed by atoms with Gasteiger partial charge in [0.25, 0.3) is 0 Å². The predicted molar refractivity (Wildman–Crippen MR) is 96.3 cm³/mol. The van der Waals surface area contributed by atoms with Crippen LogP contribution < -0.4 is 5.32 Å². The van der Waals surface area contributed by atoms with Crippen LogP contribution in [0.3, 0.4) is 0 Å². The number of halogens is 1. The van der Waals surface area contributed by atoms with Crippen LogP contribution >= 0.6 is 22.9 Å². The van der Waals surface area contributed by atoms with E-state index in [0.717, 1.165) is 22.4 Å². The van der Waals surface area contributed by atoms with Gasteiger partial charge in [0.15, 0.2) is 0 Å². The van der Waals surface area contributed by atoms with Gasteiger partial charge in [0.1, 0.15) is 0 Å². The van der Waals surface area contributed by atoms with Crippen LogP contribution in [0.2, 0.25) is 5.02 Å². The summed E-state index contributed by atoms with van der Waals surface area (Å²) in [5, 5.41) is 5.91. The van der Waals surface area contributed by atoms with Crippen LogP contribution in [0.15, 0.2) is 60.0 Å². The number of hydrogen-bond acceptors (Lipinski definition) is 2. The third-order valence-electron chi connectivity index (χ3n) is 4.15. The highest BCUT2D eigenvalue weighted by Gasteiger charge is 2.30. The van der Waals surface area contributed by atoms with E-state index in [-0.39, 0.29) is 11.8 Å². The van der Waals surface area contributed by atoms with E-state index >= 15 is 0 Å². The maximum atomic E-state index is 12.2. The van der Waals surface area contributed by atoms with E-state index in [0.29, 0.717) is 11.4 Å². The highest BCUT2D eigenvalue weighted by Crippen LogP contribution is 2.46. The van der Waals surface area contributed by atoms with Crippen LogP contribution in [0.25, 0.3) is 11.1 Å². The Morgan fingerprint density at radius 1 is 1.04 bits per heavy atom. The van der Waals surface area contributed by atoms with E-state index < -0.39 is 0 Å². The van der Waals surface area contributed by atoms with Gasteiger partial charge >= 0.3 is 0 Å². The molecule has 4 heteroatoms. The first-order valence-electron chi connectivity index (χ1n) is 7.44. The van der Waals surface area contributed by atoms with Crippen molar-refractivity contribution in [2.24, 2.45) is 0 Å². The van der Waals surface area contributed by atoms with Crippen molar-refractivity contribution in [1.82, 2.24) is 0 Å². The number of hydrogen-bond donors (Lipinski definition) is 1. The molecular formula is C19H14ClNOS. The fourth-order valence-corrected chi connectivity index (χ4v) is 4.31. The van der Waals surface area contributed by atoms with Gasteiger partial charge in [0.05, 0.1) is 5.69 Å². The zero-order chi connectivity index (χ0) is 15.8. The molecule has 1 amide bonds. The van der Waals surface area contributed by atoms with Gasteiger partial charge in [-0.15, -0.1) is 11.3 Å². The minimum absolute atomic E-state index is 0.0630. The molecule has 0 radical (unpaired) electrons. The monoisotopic (exact) mass is 339 g/mol. The molecule has 0 saturated heterocycles. The van der Waals surface area contributed by atoms with Crippen LogP contribution in [-0.2, 0) is 4.79 Å². The van der Waals surface area contributed by atoms with Gasteiger partial charge in [0, 0.05) is 33.2 Å². The molecule has 1 aliphatic rings. The maximum Gasteiger partial charge on any atom is 0.225 e. The molecule has 2 aromatic carbocycles. The number of carbonyl (C=O) groups is 1. The lowest BCUT2D eigenvalue weighted by Gasteiger charge is -2.24. The molecule has 1 N–H and O–H groups in total. The normalized spacial score (nSPS) is 16.7. The summed E-state index contributed by atoms with van der Waals surface area (Å²) in [5.41, 5.74) is 4.31. The van der Waals surface area contributed by atoms with E-state index in [2.05, 4.69) is 22.8 Å². The number of carbonyl (C=O) groups excluding carboxylic acids is 1. The molecule has 1 aromatic heterocycles. The van der Waals surface area contributed by atoms with E-state index in [1.54, 1.807) is 11.3 Å². The average molecular weight is 340 g/mol. The summed E-state index contributed by atoms with van der Waals surface area (Å²) in [7, 11) is 0. The highest BCUT2D eigenvalue weighted by molar-refractivity contribution is 7.11. The Labute approximate surface area is 143 Å². The minimum atomic E-state index is 0.0630. The molecule has 0 saturated carbocycles. The second-order valence-electron chi connectivity index (χ2n) is 5.61. The van der Waals surface area contributed by atoms with Gasteiger partial charge in [-0.25, -0.2) is 0 Å². The van der Waals surface area contributed by atoms with Crippen molar-refractivity contribution in [3.63, 3.8) is 0 Å². The summed E-state index contributed by atoms with van der Waals surface area (Å²) < 4.78 is 0. The molecule has 0 spiro atoms. The van der Waals surface area contributed by atoms with E-state index in [1.807, 2.05) is 42.5 Å². The van der Waals surface area contributed by atoms with Crippen LogP contribution in [0, 0.1) is 0 Å². The molecular weight excluding hydrogens is 326 g/mol. The smallest absolute Gasteiger partial charge is 0.225 e. The summed E-state index contributed by atoms with van der Waals surface area (Å²) in [4.78, 5) is 13.4. The summed E-state index contributed by atoms with van der Waals surface area (Å²) in [6.07, 6.45) is 0.476. The Morgan fingerprint density at radius 3 is 2.52 bits per heavy atom. The van der Waals surface area contributed by atoms with Gasteiger partial charge in [0.2, 0.25) is 5.91 Å². The third-order valence-corrected chi connectivity index (χ3v) is 5.50. The predicted octanol–water partition coefficient (Wildman–Crippen LogP) is 5.54. The van der Waals surface area contributed by atoms with Crippen molar-refractivity contribution < 1.29 is 4.79 Å². The van der Waals surface area contributed by atoms with Crippen LogP contribution in [0.4, 0.5) is 5.69 Å². The minimum Gasteiger partial charge on any atom is -0.325 e. The second kappa shape index (κ2) is 5.84. The summed E-state index contributed by atoms with van der Waals surface area (Å²) in [6, 6.07) is 18.0. The molecule has 114 valence electrons. The zero-order valence-electron chi connectivity index (χ0n) is 12.3. The molecule has 3 aromatic rings. The van der Waals surface area contributed by atoms with E-state index in [1.165, 1.54) is 4.88 Å². The van der Waals surface area contributed by atoms with Crippen molar-refractivity contribution in [2.75, 3.05) is 5.32 Å². The first kappa shape index (κ1) is 14.5. The standard InChI is InChI=1S/C19H14ClNOS/c20-14-8-6-13(7-9-14)15-10-17(22)21-18-16(11-23-19(15)18)12-4-2-1-3-5-12/h1-9,11,15H,10H2,(H,21,22)/t15-/m1/s1. The number of nitrogens with one attached hydrogen (secondary N) is 1. The van der Waals surface area contributed by atoms with Crippen LogP contribution in [0.5, 0.6) is 0 Å². The molecule has 0 aliphatic carbocycles. The number of rotatable bonds is 2. The number of anilines is 1. The van der Waals surface area contributed by atoms with Gasteiger partial charge in [-0.2, -0.15) is 0 Å². The first-order chi connectivity index (χ1) is 11.2. The quantitative estimate of drug-likeness (QED) is 0.652. The molecule has 0 fully saturated rings. The Bertz CT molecular complexity index is 855. The van der Waals surface area contributed by atoms with Crippen molar-refractivity contribution in [1.29, 1.82) is 0 Å². The largest absolute Gasteiger partial charge is 0.325 e. The first-order valence-corrected chi connectivity index (χ1v) is 8.70. The summed E-state index contributed by atoms with van der Waals surface area (Å²) in [5.74, 6) is 0.159. The zero-order valence-corrected chi connectivity index (χ0v) is 13.8. The topological polar surface area (TPSA) is 29.1 Å². The van der Waals surface area contributed by atoms with Crippen molar-refractivity contribution in [2.45, 2.75) is 12.3 Å². The Kier molecular flexibility index (Phi) is 3.68. The van der Waals surface area contributed by atoms with Crippen molar-refractivity contribution >= 4 is 34.5 Å². The fourth-order valence-electron chi connectivity index (χ4n) is 3.02. The average Bonchev–Trinajstić information content (AvgIpc) is 2.99. The SMILES string of the molecule is O=C1C[C@H](c2ccc(Cl)cc2)c2scc(-c3ccccc3)c2N1. The van der Waals surface area contributed by atoms with Crippen molar-refractivity contribution in [3.8, 4) is 11.1 Å². The van der Waals surface area contributed by atoms with Crippen LogP contribution in [-0.4, -0.2) is 5.91 Å². The van der Waals surface area contributed by atoms with E-state index in [4.69, 9.17) is 11.6 Å². The molecule has 4 rings (SSSR count). The Balaban J connectivity index is 1.81. The maximum absolute atomic E-state index is 12.2. The highest BCUT2D eigenvalue weighted by atomic mass is 35.5. The third kappa shape index (κ3) is 2.67. The van der Waals surface area contributed by atoms with Crippen molar-refractivity contribution in [3.05, 3.63) is 75.4 Å². The lowest BCUT2D eigenvalue weighted by Crippen LogP contribution is -2.22. The summed E-state index contributed by atoms with van der Waals surface area (Å²) in [6.45, 7) is 0. The number of fused-ring (bicyclic) bond motifs is 1. The molecule has 1 aliphatic heterocycles. The lowest BCUT2D eigenvalue weighted by atomic mass is 9.89. The number of thiophene rings is 1. The van der Waals surface area contributed by atoms with E-state index in [9.17, 15) is 4.79 Å². The summed E-state index contributed by atoms with van der Waals surface area (Å²) >= 11 is 7.70. The molecule has 2 heterocycles. The second-order valence-corrected chi connectivity index (χ2v) is 6.96. The lowest BCUT2D eigenvalue weighted by molar-refractivity contribution is -0.116. The molecule has 0 bridgehead atoms. The van der Waals surface area contributed by atoms with Gasteiger partial charge in [-0.3, -0.25) is 4.79 Å². The van der Waals surface area contributed by atoms with Gasteiger partial charge < -0.3 is 5.32 Å². The van der Waals surface area contributed by atoms with Gasteiger partial charge in [-0.1, -0.05) is 54.1 Å². The Morgan fingerprint density at radius 2 is 1.78 bits per heavy atom. The molecule has 2 nitrogen and oxygen atoms in total. The molecule has 1 atom stereocenters. The Hall–Kier alpha value is -2.10. The molecule has 0 unspecified atom stereocenters.